The molecule has 0 aliphatic carbocycles. The molecule has 112 valence electrons. The van der Waals surface area contributed by atoms with Gasteiger partial charge in [-0.1, -0.05) is 11.3 Å². The van der Waals surface area contributed by atoms with Crippen LogP contribution in [0.2, 0.25) is 0 Å². The minimum Gasteiger partial charge on any atom is -0.493 e. The molecule has 0 saturated carbocycles. The van der Waals surface area contributed by atoms with Crippen molar-refractivity contribution in [3.63, 3.8) is 0 Å². The zero-order chi connectivity index (χ0) is 15.4. The topological polar surface area (TPSA) is 73.6 Å². The Morgan fingerprint density at radius 2 is 1.90 bits per heavy atom. The molecule has 0 atom stereocenters. The van der Waals surface area contributed by atoms with Gasteiger partial charge in [0.2, 0.25) is 0 Å². The van der Waals surface area contributed by atoms with Crippen LogP contribution in [-0.4, -0.2) is 19.1 Å². The molecule has 0 radical (unpaired) electrons. The van der Waals surface area contributed by atoms with Crippen LogP contribution in [0.1, 0.15) is 10.4 Å². The number of hydrogen-bond donors (Lipinski definition) is 1. The van der Waals surface area contributed by atoms with E-state index in [1.165, 1.54) is 17.4 Å². The summed E-state index contributed by atoms with van der Waals surface area (Å²) in [6.07, 6.45) is 0. The molecular weight excluding hydrogens is 292 g/mol. The molecule has 1 N–H and O–H groups in total. The lowest BCUT2D eigenvalue weighted by Crippen LogP contribution is -2.01. The van der Waals surface area contributed by atoms with Crippen molar-refractivity contribution < 1.29 is 14.4 Å². The van der Waals surface area contributed by atoms with Gasteiger partial charge in [0.25, 0.3) is 0 Å². The highest BCUT2D eigenvalue weighted by molar-refractivity contribution is 7.15. The van der Waals surface area contributed by atoms with Gasteiger partial charge in [-0.2, -0.15) is 0 Å². The number of aryl methyl sites for hydroxylation is 1. The van der Waals surface area contributed by atoms with Crippen LogP contribution in [0, 0.1) is 17.0 Å². The fourth-order valence-electron chi connectivity index (χ4n) is 1.91. The quantitative estimate of drug-likeness (QED) is 0.652. The third-order valence-electron chi connectivity index (χ3n) is 3.01. The number of nitrogens with zero attached hydrogens (tertiary/aromatic N) is 1. The van der Waals surface area contributed by atoms with Gasteiger partial charge in [0.1, 0.15) is 0 Å². The van der Waals surface area contributed by atoms with E-state index in [4.69, 9.17) is 9.47 Å². The van der Waals surface area contributed by atoms with Crippen molar-refractivity contribution in [2.24, 2.45) is 0 Å². The summed E-state index contributed by atoms with van der Waals surface area (Å²) in [6, 6.07) is 7.02. The minimum absolute atomic E-state index is 0.149. The standard InChI is InChI=1S/C14H16N2O4S/c1-9-6-12(19-2)13(20-3)7-11(9)15-8-10-4-5-14(21-10)16(17)18/h4-7,15H,8H2,1-3H3. The van der Waals surface area contributed by atoms with Gasteiger partial charge >= 0.3 is 5.00 Å². The molecule has 6 nitrogen and oxygen atoms in total. The van der Waals surface area contributed by atoms with Crippen LogP contribution < -0.4 is 14.8 Å². The van der Waals surface area contributed by atoms with Crippen LogP contribution >= 0.6 is 11.3 Å². The number of anilines is 1. The lowest BCUT2D eigenvalue weighted by molar-refractivity contribution is -0.380. The molecule has 1 aromatic carbocycles. The SMILES string of the molecule is COc1cc(C)c(NCc2ccc([N+](=O)[O-])s2)cc1OC. The summed E-state index contributed by atoms with van der Waals surface area (Å²) in [5.74, 6) is 1.31. The highest BCUT2D eigenvalue weighted by atomic mass is 32.1. The Bertz CT molecular complexity index is 654. The average molecular weight is 308 g/mol. The number of methoxy groups -OCH3 is 2. The molecule has 7 heteroatoms. The van der Waals surface area contributed by atoms with E-state index in [-0.39, 0.29) is 9.92 Å². The van der Waals surface area contributed by atoms with E-state index in [9.17, 15) is 10.1 Å². The maximum absolute atomic E-state index is 10.7. The summed E-state index contributed by atoms with van der Waals surface area (Å²) in [6.45, 7) is 2.48. The molecule has 1 heterocycles. The van der Waals surface area contributed by atoms with Crippen LogP contribution in [0.4, 0.5) is 10.7 Å². The van der Waals surface area contributed by atoms with E-state index in [1.807, 2.05) is 19.1 Å². The zero-order valence-electron chi connectivity index (χ0n) is 12.0. The van der Waals surface area contributed by atoms with Gasteiger partial charge in [-0.25, -0.2) is 0 Å². The number of rotatable bonds is 6. The largest absolute Gasteiger partial charge is 0.493 e. The van der Waals surface area contributed by atoms with E-state index in [0.29, 0.717) is 18.0 Å². The van der Waals surface area contributed by atoms with Gasteiger partial charge in [0, 0.05) is 29.2 Å². The van der Waals surface area contributed by atoms with Crippen LogP contribution in [0.25, 0.3) is 0 Å². The molecule has 21 heavy (non-hydrogen) atoms. The van der Waals surface area contributed by atoms with Gasteiger partial charge < -0.3 is 14.8 Å². The maximum Gasteiger partial charge on any atom is 0.324 e. The Morgan fingerprint density at radius 1 is 1.24 bits per heavy atom. The molecule has 0 spiro atoms. The molecule has 0 saturated heterocycles. The first-order valence-electron chi connectivity index (χ1n) is 6.24. The molecule has 0 amide bonds. The fraction of sp³-hybridized carbons (Fsp3) is 0.286. The number of benzene rings is 1. The van der Waals surface area contributed by atoms with Crippen molar-refractivity contribution >= 4 is 22.0 Å². The second kappa shape index (κ2) is 6.45. The number of hydrogen-bond acceptors (Lipinski definition) is 6. The Kier molecular flexibility index (Phi) is 4.64. The molecule has 0 fully saturated rings. The van der Waals surface area contributed by atoms with Crippen LogP contribution in [-0.2, 0) is 6.54 Å². The van der Waals surface area contributed by atoms with Crippen molar-refractivity contribution in [3.05, 3.63) is 44.8 Å². The third-order valence-corrected chi connectivity index (χ3v) is 4.05. The monoisotopic (exact) mass is 308 g/mol. The number of nitrogens with one attached hydrogen (secondary N) is 1. The second-order valence-electron chi connectivity index (χ2n) is 4.37. The Labute approximate surface area is 126 Å². The molecule has 2 aromatic rings. The molecule has 1 aromatic heterocycles. The van der Waals surface area contributed by atoms with Crippen molar-refractivity contribution in [1.29, 1.82) is 0 Å². The Hall–Kier alpha value is -2.28. The van der Waals surface area contributed by atoms with Crippen LogP contribution in [0.5, 0.6) is 11.5 Å². The van der Waals surface area contributed by atoms with Gasteiger partial charge in [0.05, 0.1) is 19.1 Å². The smallest absolute Gasteiger partial charge is 0.324 e. The maximum atomic E-state index is 10.7. The van der Waals surface area contributed by atoms with Gasteiger partial charge in [-0.3, -0.25) is 10.1 Å². The summed E-state index contributed by atoms with van der Waals surface area (Å²) < 4.78 is 10.5. The van der Waals surface area contributed by atoms with Crippen LogP contribution in [0.3, 0.4) is 0 Å². The first kappa shape index (κ1) is 15.1. The summed E-state index contributed by atoms with van der Waals surface area (Å²) in [5.41, 5.74) is 1.92. The van der Waals surface area contributed by atoms with E-state index < -0.39 is 0 Å². The van der Waals surface area contributed by atoms with Crippen LogP contribution in [0.15, 0.2) is 24.3 Å². The summed E-state index contributed by atoms with van der Waals surface area (Å²) in [7, 11) is 3.18. The minimum atomic E-state index is -0.379. The molecule has 0 unspecified atom stereocenters. The number of nitro groups is 1. The van der Waals surface area contributed by atoms with Gasteiger partial charge in [0.15, 0.2) is 11.5 Å². The van der Waals surface area contributed by atoms with Gasteiger partial charge in [-0.05, 0) is 24.6 Å². The lowest BCUT2D eigenvalue weighted by atomic mass is 10.1. The lowest BCUT2D eigenvalue weighted by Gasteiger charge is -2.13. The highest BCUT2D eigenvalue weighted by Crippen LogP contribution is 2.33. The molecule has 0 aliphatic rings. The predicted octanol–water partition coefficient (Wildman–Crippen LogP) is 3.59. The normalized spacial score (nSPS) is 10.2. The van der Waals surface area contributed by atoms with Crippen molar-refractivity contribution in [2.75, 3.05) is 19.5 Å². The zero-order valence-corrected chi connectivity index (χ0v) is 12.8. The Balaban J connectivity index is 2.13. The average Bonchev–Trinajstić information content (AvgIpc) is 2.94. The fourth-order valence-corrected chi connectivity index (χ4v) is 2.67. The summed E-state index contributed by atoms with van der Waals surface area (Å²) in [5, 5.41) is 14.1. The molecule has 0 aliphatic heterocycles. The molecule has 0 bridgehead atoms. The number of ether oxygens (including phenoxy) is 2. The van der Waals surface area contributed by atoms with E-state index >= 15 is 0 Å². The van der Waals surface area contributed by atoms with Crippen molar-refractivity contribution in [3.8, 4) is 11.5 Å². The first-order valence-corrected chi connectivity index (χ1v) is 7.06. The van der Waals surface area contributed by atoms with Gasteiger partial charge in [-0.15, -0.1) is 0 Å². The first-order chi connectivity index (χ1) is 10.0. The number of thiophene rings is 1. The Morgan fingerprint density at radius 3 is 2.48 bits per heavy atom. The van der Waals surface area contributed by atoms with E-state index in [1.54, 1.807) is 20.3 Å². The van der Waals surface area contributed by atoms with Crippen molar-refractivity contribution in [2.45, 2.75) is 13.5 Å². The van der Waals surface area contributed by atoms with E-state index in [0.717, 1.165) is 16.1 Å². The summed E-state index contributed by atoms with van der Waals surface area (Å²) in [4.78, 5) is 11.2. The molecular formula is C14H16N2O4S. The predicted molar refractivity (Wildman–Crippen MR) is 82.6 cm³/mol. The van der Waals surface area contributed by atoms with E-state index in [2.05, 4.69) is 5.32 Å². The highest BCUT2D eigenvalue weighted by Gasteiger charge is 2.11. The van der Waals surface area contributed by atoms with Crippen molar-refractivity contribution in [1.82, 2.24) is 0 Å². The third kappa shape index (κ3) is 3.43. The molecule has 2 rings (SSSR count). The summed E-state index contributed by atoms with van der Waals surface area (Å²) >= 11 is 1.17. The second-order valence-corrected chi connectivity index (χ2v) is 5.52.